The molecular weight excluding hydrogens is 220 g/mol. The first-order valence-electron chi connectivity index (χ1n) is 6.22. The molecule has 2 aliphatic rings. The average Bonchev–Trinajstić information content (AvgIpc) is 2.85. The van der Waals surface area contributed by atoms with Crippen molar-refractivity contribution >= 4 is 12.0 Å². The number of carboxylic acids is 1. The first-order valence-corrected chi connectivity index (χ1v) is 6.22. The van der Waals surface area contributed by atoms with Gasteiger partial charge in [-0.3, -0.25) is 0 Å². The van der Waals surface area contributed by atoms with Crippen molar-refractivity contribution in [3.05, 3.63) is 0 Å². The number of aliphatic carboxylic acids is 1. The second-order valence-electron chi connectivity index (χ2n) is 5.74. The summed E-state index contributed by atoms with van der Waals surface area (Å²) in [5, 5.41) is 12.0. The summed E-state index contributed by atoms with van der Waals surface area (Å²) in [6, 6.07) is -0.662. The number of nitrogens with one attached hydrogen (secondary N) is 1. The zero-order valence-corrected chi connectivity index (χ0v) is 10.4. The van der Waals surface area contributed by atoms with Crippen LogP contribution in [0.3, 0.4) is 0 Å². The number of carbonyl (C=O) groups is 2. The van der Waals surface area contributed by atoms with E-state index in [1.165, 1.54) is 4.90 Å². The fourth-order valence-electron chi connectivity index (χ4n) is 2.38. The highest BCUT2D eigenvalue weighted by atomic mass is 16.4. The van der Waals surface area contributed by atoms with E-state index < -0.39 is 12.0 Å². The summed E-state index contributed by atoms with van der Waals surface area (Å²) in [5.41, 5.74) is 0.171. The van der Waals surface area contributed by atoms with Gasteiger partial charge in [-0.15, -0.1) is 0 Å². The summed E-state index contributed by atoms with van der Waals surface area (Å²) in [7, 11) is 0. The Balaban J connectivity index is 1.95. The monoisotopic (exact) mass is 240 g/mol. The van der Waals surface area contributed by atoms with Crippen LogP contribution in [0, 0.1) is 5.41 Å². The van der Waals surface area contributed by atoms with Crippen molar-refractivity contribution in [3.8, 4) is 0 Å². The van der Waals surface area contributed by atoms with Crippen LogP contribution in [0.1, 0.15) is 39.5 Å². The van der Waals surface area contributed by atoms with Crippen molar-refractivity contribution in [2.24, 2.45) is 5.41 Å². The average molecular weight is 240 g/mol. The zero-order chi connectivity index (χ0) is 12.6. The maximum Gasteiger partial charge on any atom is 0.326 e. The second kappa shape index (κ2) is 4.20. The minimum Gasteiger partial charge on any atom is -0.480 e. The Labute approximate surface area is 101 Å². The molecule has 1 heterocycles. The predicted octanol–water partition coefficient (Wildman–Crippen LogP) is 1.43. The number of nitrogens with zero attached hydrogens (tertiary/aromatic N) is 1. The Kier molecular flexibility index (Phi) is 3.02. The van der Waals surface area contributed by atoms with Crippen LogP contribution in [0.15, 0.2) is 0 Å². The highest BCUT2D eigenvalue weighted by Gasteiger charge is 2.47. The molecule has 0 aromatic heterocycles. The standard InChI is InChI=1S/C12H20N2O3/c1-12(2)7-9(12)13-11(17)14-6-4-3-5-8(14)10(15)16/h8-9H,3-7H2,1-2H3,(H,13,17)(H,15,16). The van der Waals surface area contributed by atoms with Crippen molar-refractivity contribution in [1.82, 2.24) is 10.2 Å². The van der Waals surface area contributed by atoms with Gasteiger partial charge in [0.2, 0.25) is 0 Å². The van der Waals surface area contributed by atoms with Gasteiger partial charge in [-0.2, -0.15) is 0 Å². The van der Waals surface area contributed by atoms with E-state index >= 15 is 0 Å². The summed E-state index contributed by atoms with van der Waals surface area (Å²) >= 11 is 0. The Morgan fingerprint density at radius 1 is 1.35 bits per heavy atom. The van der Waals surface area contributed by atoms with Crippen LogP contribution >= 0.6 is 0 Å². The summed E-state index contributed by atoms with van der Waals surface area (Å²) < 4.78 is 0. The molecule has 0 bridgehead atoms. The molecule has 1 aliphatic carbocycles. The van der Waals surface area contributed by atoms with Crippen LogP contribution in [0.5, 0.6) is 0 Å². The van der Waals surface area contributed by atoms with E-state index in [4.69, 9.17) is 5.11 Å². The molecule has 2 atom stereocenters. The number of hydrogen-bond acceptors (Lipinski definition) is 2. The lowest BCUT2D eigenvalue weighted by Gasteiger charge is -2.33. The van der Waals surface area contributed by atoms with Gasteiger partial charge in [-0.1, -0.05) is 13.8 Å². The van der Waals surface area contributed by atoms with Crippen molar-refractivity contribution in [2.75, 3.05) is 6.54 Å². The fraction of sp³-hybridized carbons (Fsp3) is 0.833. The highest BCUT2D eigenvalue weighted by Crippen LogP contribution is 2.44. The molecule has 1 saturated carbocycles. The molecule has 0 spiro atoms. The van der Waals surface area contributed by atoms with E-state index in [2.05, 4.69) is 19.2 Å². The van der Waals surface area contributed by atoms with E-state index in [9.17, 15) is 9.59 Å². The van der Waals surface area contributed by atoms with Crippen LogP contribution in [0.25, 0.3) is 0 Å². The SMILES string of the molecule is CC1(C)CC1NC(=O)N1CCCCC1C(=O)O. The lowest BCUT2D eigenvalue weighted by molar-refractivity contribution is -0.143. The topological polar surface area (TPSA) is 69.6 Å². The minimum absolute atomic E-state index is 0.171. The first kappa shape index (κ1) is 12.2. The predicted molar refractivity (Wildman–Crippen MR) is 62.7 cm³/mol. The van der Waals surface area contributed by atoms with Gasteiger partial charge in [-0.25, -0.2) is 9.59 Å². The number of rotatable bonds is 2. The molecule has 2 unspecified atom stereocenters. The lowest BCUT2D eigenvalue weighted by atomic mass is 10.0. The molecule has 5 nitrogen and oxygen atoms in total. The largest absolute Gasteiger partial charge is 0.480 e. The van der Waals surface area contributed by atoms with E-state index in [-0.39, 0.29) is 17.5 Å². The maximum atomic E-state index is 12.0. The van der Waals surface area contributed by atoms with Gasteiger partial charge in [0.05, 0.1) is 0 Å². The van der Waals surface area contributed by atoms with Gasteiger partial charge in [0, 0.05) is 12.6 Å². The number of amides is 2. The van der Waals surface area contributed by atoms with E-state index in [0.717, 1.165) is 19.3 Å². The minimum atomic E-state index is -0.894. The molecule has 0 aromatic carbocycles. The molecule has 0 aromatic rings. The Morgan fingerprint density at radius 3 is 2.53 bits per heavy atom. The van der Waals surface area contributed by atoms with Gasteiger partial charge >= 0.3 is 12.0 Å². The Morgan fingerprint density at radius 2 is 2.00 bits per heavy atom. The molecular formula is C12H20N2O3. The molecule has 0 radical (unpaired) electrons. The maximum absolute atomic E-state index is 12.0. The van der Waals surface area contributed by atoms with Crippen molar-refractivity contribution < 1.29 is 14.7 Å². The lowest BCUT2D eigenvalue weighted by Crippen LogP contribution is -2.52. The van der Waals surface area contributed by atoms with Gasteiger partial charge < -0.3 is 15.3 Å². The molecule has 2 N–H and O–H groups in total. The fourth-order valence-corrected chi connectivity index (χ4v) is 2.38. The highest BCUT2D eigenvalue weighted by molar-refractivity contribution is 5.83. The van der Waals surface area contributed by atoms with Crippen molar-refractivity contribution in [2.45, 2.75) is 51.6 Å². The zero-order valence-electron chi connectivity index (χ0n) is 10.4. The van der Waals surface area contributed by atoms with E-state index in [1.54, 1.807) is 0 Å². The first-order chi connectivity index (χ1) is 7.92. The quantitative estimate of drug-likeness (QED) is 0.767. The van der Waals surface area contributed by atoms with Crippen molar-refractivity contribution in [1.29, 1.82) is 0 Å². The number of likely N-dealkylation sites (tertiary alicyclic amines) is 1. The molecule has 2 amide bonds. The van der Waals surface area contributed by atoms with Gasteiger partial charge in [0.15, 0.2) is 0 Å². The Hall–Kier alpha value is -1.26. The number of carbonyl (C=O) groups excluding carboxylic acids is 1. The van der Waals surface area contributed by atoms with Crippen LogP contribution < -0.4 is 5.32 Å². The van der Waals surface area contributed by atoms with E-state index in [1.807, 2.05) is 0 Å². The van der Waals surface area contributed by atoms with Crippen LogP contribution in [-0.4, -0.2) is 40.6 Å². The molecule has 1 aliphatic heterocycles. The molecule has 2 rings (SSSR count). The number of urea groups is 1. The smallest absolute Gasteiger partial charge is 0.326 e. The van der Waals surface area contributed by atoms with Gasteiger partial charge in [0.25, 0.3) is 0 Å². The molecule has 17 heavy (non-hydrogen) atoms. The normalized spacial score (nSPS) is 30.8. The Bertz CT molecular complexity index is 341. The van der Waals surface area contributed by atoms with Gasteiger partial charge in [-0.05, 0) is 31.1 Å². The summed E-state index contributed by atoms with van der Waals surface area (Å²) in [6.07, 6.45) is 3.32. The third-order valence-corrected chi connectivity index (χ3v) is 3.86. The van der Waals surface area contributed by atoms with Crippen LogP contribution in [0.4, 0.5) is 4.79 Å². The summed E-state index contributed by atoms with van der Waals surface area (Å²) in [4.78, 5) is 24.6. The van der Waals surface area contributed by atoms with Crippen LogP contribution in [-0.2, 0) is 4.79 Å². The van der Waals surface area contributed by atoms with E-state index in [0.29, 0.717) is 13.0 Å². The summed E-state index contributed by atoms with van der Waals surface area (Å²) in [5.74, 6) is -0.894. The third kappa shape index (κ3) is 2.53. The molecule has 96 valence electrons. The van der Waals surface area contributed by atoms with Gasteiger partial charge in [0.1, 0.15) is 6.04 Å². The molecule has 1 saturated heterocycles. The molecule has 2 fully saturated rings. The number of piperidine rings is 1. The number of hydrogen-bond donors (Lipinski definition) is 2. The van der Waals surface area contributed by atoms with Crippen LogP contribution in [0.2, 0.25) is 0 Å². The number of carboxylic acid groups (broad SMARTS) is 1. The second-order valence-corrected chi connectivity index (χ2v) is 5.74. The molecule has 5 heteroatoms. The summed E-state index contributed by atoms with van der Waals surface area (Å²) in [6.45, 7) is 4.75. The van der Waals surface area contributed by atoms with Crippen molar-refractivity contribution in [3.63, 3.8) is 0 Å². The third-order valence-electron chi connectivity index (χ3n) is 3.86.